The minimum atomic E-state index is 0.661. The van der Waals surface area contributed by atoms with Gasteiger partial charge in [-0.1, -0.05) is 133 Å². The van der Waals surface area contributed by atoms with Crippen molar-refractivity contribution in [3.8, 4) is 51.0 Å². The average Bonchev–Trinajstić information content (AvgIpc) is 3.74. The lowest BCUT2D eigenvalue weighted by molar-refractivity contribution is 1.07. The number of nitrogens with zero attached hydrogens (tertiary/aromatic N) is 4. The molecule has 234 valence electrons. The first kappa shape index (κ1) is 28.6. The number of hydrogen-bond acceptors (Lipinski definition) is 4. The Morgan fingerprint density at radius 2 is 0.940 bits per heavy atom. The van der Waals surface area contributed by atoms with Crippen LogP contribution in [0, 0.1) is 0 Å². The molecule has 3 heterocycles. The van der Waals surface area contributed by atoms with Crippen LogP contribution in [0.1, 0.15) is 0 Å². The van der Waals surface area contributed by atoms with Crippen LogP contribution in [0.2, 0.25) is 0 Å². The molecule has 3 aromatic heterocycles. The van der Waals surface area contributed by atoms with Crippen LogP contribution in [0.15, 0.2) is 170 Å². The lowest BCUT2D eigenvalue weighted by Crippen LogP contribution is -2.00. The van der Waals surface area contributed by atoms with E-state index in [4.69, 9.17) is 15.0 Å². The van der Waals surface area contributed by atoms with Gasteiger partial charge in [-0.3, -0.25) is 0 Å². The molecule has 0 unspecified atom stereocenters. The Morgan fingerprint density at radius 3 is 1.64 bits per heavy atom. The van der Waals surface area contributed by atoms with E-state index < -0.39 is 0 Å². The van der Waals surface area contributed by atoms with Gasteiger partial charge in [-0.15, -0.1) is 11.3 Å². The summed E-state index contributed by atoms with van der Waals surface area (Å²) in [5.41, 5.74) is 8.90. The Hall–Kier alpha value is -6.43. The molecular formula is C45H28N4S. The summed E-state index contributed by atoms with van der Waals surface area (Å²) in [6.45, 7) is 0. The lowest BCUT2D eigenvalue weighted by atomic mass is 10.0. The van der Waals surface area contributed by atoms with Crippen LogP contribution >= 0.6 is 11.3 Å². The Bertz CT molecular complexity index is 2800. The minimum absolute atomic E-state index is 0.661. The first-order valence-electron chi connectivity index (χ1n) is 16.7. The fourth-order valence-corrected chi connectivity index (χ4v) is 8.28. The van der Waals surface area contributed by atoms with Crippen molar-refractivity contribution < 1.29 is 0 Å². The molecule has 0 radical (unpaired) electrons. The van der Waals surface area contributed by atoms with Crippen molar-refractivity contribution in [2.45, 2.75) is 0 Å². The van der Waals surface area contributed by atoms with Crippen LogP contribution < -0.4 is 0 Å². The Kier molecular flexibility index (Phi) is 6.64. The third-order valence-corrected chi connectivity index (χ3v) is 10.6. The topological polar surface area (TPSA) is 43.6 Å². The molecule has 0 aliphatic heterocycles. The fourth-order valence-electron chi connectivity index (χ4n) is 7.11. The van der Waals surface area contributed by atoms with Gasteiger partial charge in [0, 0.05) is 47.6 Å². The molecular weight excluding hydrogens is 629 g/mol. The summed E-state index contributed by atoms with van der Waals surface area (Å²) in [6, 6.07) is 59.8. The van der Waals surface area contributed by atoms with E-state index in [2.05, 4.69) is 114 Å². The van der Waals surface area contributed by atoms with Crippen molar-refractivity contribution in [2.24, 2.45) is 0 Å². The van der Waals surface area contributed by atoms with Gasteiger partial charge in [-0.2, -0.15) is 0 Å². The van der Waals surface area contributed by atoms with Crippen LogP contribution in [0.3, 0.4) is 0 Å². The van der Waals surface area contributed by atoms with Gasteiger partial charge in [0.1, 0.15) is 0 Å². The van der Waals surface area contributed by atoms with Crippen LogP contribution in [0.5, 0.6) is 0 Å². The van der Waals surface area contributed by atoms with E-state index in [9.17, 15) is 0 Å². The molecule has 0 aliphatic carbocycles. The van der Waals surface area contributed by atoms with Crippen molar-refractivity contribution >= 4 is 53.3 Å². The highest BCUT2D eigenvalue weighted by Gasteiger charge is 2.19. The number of para-hydroxylation sites is 1. The predicted octanol–water partition coefficient (Wildman–Crippen LogP) is 12.0. The molecule has 4 nitrogen and oxygen atoms in total. The van der Waals surface area contributed by atoms with Gasteiger partial charge in [-0.05, 0) is 47.5 Å². The van der Waals surface area contributed by atoms with Crippen LogP contribution in [-0.2, 0) is 0 Å². The van der Waals surface area contributed by atoms with Gasteiger partial charge in [0.25, 0.3) is 0 Å². The zero-order valence-electron chi connectivity index (χ0n) is 26.9. The van der Waals surface area contributed by atoms with Crippen molar-refractivity contribution in [3.05, 3.63) is 170 Å². The maximum atomic E-state index is 4.99. The molecule has 5 heteroatoms. The Labute approximate surface area is 292 Å². The van der Waals surface area contributed by atoms with Crippen LogP contribution in [-0.4, -0.2) is 19.5 Å². The smallest absolute Gasteiger partial charge is 0.164 e. The second kappa shape index (κ2) is 11.6. The normalized spacial score (nSPS) is 11.6. The average molecular weight is 657 g/mol. The number of thiophene rings is 1. The summed E-state index contributed by atoms with van der Waals surface area (Å²) >= 11 is 1.81. The Balaban J connectivity index is 1.16. The molecule has 0 saturated heterocycles. The van der Waals surface area contributed by atoms with Gasteiger partial charge < -0.3 is 4.57 Å². The summed E-state index contributed by atoms with van der Waals surface area (Å²) in [5.74, 6) is 1.99. The summed E-state index contributed by atoms with van der Waals surface area (Å²) < 4.78 is 4.87. The second-order valence-electron chi connectivity index (χ2n) is 12.5. The molecule has 0 atom stereocenters. The van der Waals surface area contributed by atoms with E-state index >= 15 is 0 Å². The molecule has 0 fully saturated rings. The maximum absolute atomic E-state index is 4.99. The first-order valence-corrected chi connectivity index (χ1v) is 17.5. The van der Waals surface area contributed by atoms with Gasteiger partial charge in [0.05, 0.1) is 16.7 Å². The van der Waals surface area contributed by atoms with E-state index in [1.54, 1.807) is 0 Å². The standard InChI is InChI=1S/C45H28N4S/c1-4-13-29(14-5-1)32-24-26-38-36(27-32)34-19-10-11-20-37(34)49(38)39-21-12-22-40-42(39)35-25-23-33(28-41(35)50-40)45-47-43(30-15-6-2-7-16-30)46-44(48-45)31-17-8-3-9-18-31/h1-28H. The van der Waals surface area contributed by atoms with Gasteiger partial charge >= 0.3 is 0 Å². The molecule has 0 saturated carbocycles. The zero-order chi connectivity index (χ0) is 33.0. The lowest BCUT2D eigenvalue weighted by Gasteiger charge is -2.11. The van der Waals surface area contributed by atoms with Crippen LogP contribution in [0.25, 0.3) is 93.0 Å². The quantitative estimate of drug-likeness (QED) is 0.185. The molecule has 10 aromatic rings. The molecule has 50 heavy (non-hydrogen) atoms. The van der Waals surface area contributed by atoms with Crippen molar-refractivity contribution in [1.82, 2.24) is 19.5 Å². The summed E-state index contributed by atoms with van der Waals surface area (Å²) in [4.78, 5) is 14.9. The number of hydrogen-bond donors (Lipinski definition) is 0. The third-order valence-electron chi connectivity index (χ3n) is 9.45. The molecule has 0 bridgehead atoms. The first-order chi connectivity index (χ1) is 24.8. The van der Waals surface area contributed by atoms with E-state index in [0.717, 1.165) is 16.7 Å². The largest absolute Gasteiger partial charge is 0.309 e. The monoisotopic (exact) mass is 656 g/mol. The molecule has 0 amide bonds. The molecule has 0 spiro atoms. The summed E-state index contributed by atoms with van der Waals surface area (Å²) in [5, 5.41) is 4.97. The minimum Gasteiger partial charge on any atom is -0.309 e. The Morgan fingerprint density at radius 1 is 0.360 bits per heavy atom. The zero-order valence-corrected chi connectivity index (χ0v) is 27.7. The SMILES string of the molecule is c1ccc(-c2ccc3c(c2)c2ccccc2n3-c2cccc3sc4cc(-c5nc(-c6ccccc6)nc(-c6ccccc6)n5)ccc4c23)cc1. The van der Waals surface area contributed by atoms with Gasteiger partial charge in [0.15, 0.2) is 17.5 Å². The number of benzene rings is 7. The van der Waals surface area contributed by atoms with E-state index in [1.807, 2.05) is 72.0 Å². The highest BCUT2D eigenvalue weighted by molar-refractivity contribution is 7.26. The van der Waals surface area contributed by atoms with Gasteiger partial charge in [0.2, 0.25) is 0 Å². The molecule has 7 aromatic carbocycles. The number of aromatic nitrogens is 4. The highest BCUT2D eigenvalue weighted by atomic mass is 32.1. The van der Waals surface area contributed by atoms with E-state index in [1.165, 1.54) is 58.8 Å². The summed E-state index contributed by atoms with van der Waals surface area (Å²) in [6.07, 6.45) is 0. The van der Waals surface area contributed by atoms with Crippen molar-refractivity contribution in [3.63, 3.8) is 0 Å². The summed E-state index contributed by atoms with van der Waals surface area (Å²) in [7, 11) is 0. The van der Waals surface area contributed by atoms with Crippen LogP contribution in [0.4, 0.5) is 0 Å². The highest BCUT2D eigenvalue weighted by Crippen LogP contribution is 2.42. The van der Waals surface area contributed by atoms with Crippen molar-refractivity contribution in [2.75, 3.05) is 0 Å². The molecule has 10 rings (SSSR count). The number of rotatable bonds is 5. The van der Waals surface area contributed by atoms with E-state index in [-0.39, 0.29) is 0 Å². The third kappa shape index (κ3) is 4.71. The fraction of sp³-hybridized carbons (Fsp3) is 0. The molecule has 0 aliphatic rings. The second-order valence-corrected chi connectivity index (χ2v) is 13.5. The van der Waals surface area contributed by atoms with E-state index in [0.29, 0.717) is 17.5 Å². The number of fused-ring (bicyclic) bond motifs is 6. The van der Waals surface area contributed by atoms with Gasteiger partial charge in [-0.25, -0.2) is 15.0 Å². The maximum Gasteiger partial charge on any atom is 0.164 e. The predicted molar refractivity (Wildman–Crippen MR) is 209 cm³/mol. The van der Waals surface area contributed by atoms with Crippen molar-refractivity contribution in [1.29, 1.82) is 0 Å². The molecule has 0 N–H and O–H groups in total.